The molecule has 1 fully saturated rings. The third-order valence-electron chi connectivity index (χ3n) is 3.99. The second-order valence-electron chi connectivity index (χ2n) is 5.79. The summed E-state index contributed by atoms with van der Waals surface area (Å²) in [4.78, 5) is 27.0. The number of pyridine rings is 1. The first-order chi connectivity index (χ1) is 12.1. The molecule has 1 aromatic carbocycles. The first kappa shape index (κ1) is 16.8. The molecule has 25 heavy (non-hydrogen) atoms. The normalized spacial score (nSPS) is 18.3. The molecular formula is C18H18N2O5. The number of methoxy groups -OCH3 is 1. The van der Waals surface area contributed by atoms with Crippen molar-refractivity contribution < 1.29 is 24.2 Å². The summed E-state index contributed by atoms with van der Waals surface area (Å²) in [6.07, 6.45) is 3.77. The maximum atomic E-state index is 12.1. The molecular weight excluding hydrogens is 324 g/mol. The Hall–Kier alpha value is -3.09. The number of rotatable bonds is 7. The molecule has 130 valence electrons. The maximum absolute atomic E-state index is 12.1. The molecule has 2 unspecified atom stereocenters. The standard InChI is InChI=1S/C18H18N2O5/c1-24-15-5-4-12(20-17(21)13-8-14(13)18(22)23)7-16(15)25-10-11-3-2-6-19-9-11/h2-7,9,13-14H,8,10H2,1H3,(H,20,21)(H,22,23). The minimum Gasteiger partial charge on any atom is -0.493 e. The highest BCUT2D eigenvalue weighted by atomic mass is 16.5. The summed E-state index contributed by atoms with van der Waals surface area (Å²) in [5.41, 5.74) is 1.43. The molecule has 0 bridgehead atoms. The third-order valence-corrected chi connectivity index (χ3v) is 3.99. The van der Waals surface area contributed by atoms with Crippen LogP contribution in [-0.2, 0) is 16.2 Å². The van der Waals surface area contributed by atoms with E-state index in [2.05, 4.69) is 10.3 Å². The molecule has 7 nitrogen and oxygen atoms in total. The van der Waals surface area contributed by atoms with Crippen LogP contribution in [0.4, 0.5) is 5.69 Å². The van der Waals surface area contributed by atoms with E-state index in [4.69, 9.17) is 14.6 Å². The van der Waals surface area contributed by atoms with Crippen molar-refractivity contribution in [2.75, 3.05) is 12.4 Å². The topological polar surface area (TPSA) is 97.8 Å². The minimum absolute atomic E-state index is 0.296. The van der Waals surface area contributed by atoms with Gasteiger partial charge in [0.25, 0.3) is 0 Å². The number of nitrogens with zero attached hydrogens (tertiary/aromatic N) is 1. The number of aliphatic carboxylic acids is 1. The summed E-state index contributed by atoms with van der Waals surface area (Å²) < 4.78 is 11.0. The number of hydrogen-bond donors (Lipinski definition) is 2. The molecule has 1 heterocycles. The number of carbonyl (C=O) groups excluding carboxylic acids is 1. The Kier molecular flexibility index (Phi) is 4.83. The van der Waals surface area contributed by atoms with Crippen LogP contribution in [-0.4, -0.2) is 29.1 Å². The summed E-state index contributed by atoms with van der Waals surface area (Å²) in [5.74, 6) is -1.27. The molecule has 2 N–H and O–H groups in total. The third kappa shape index (κ3) is 4.06. The lowest BCUT2D eigenvalue weighted by Crippen LogP contribution is -2.16. The average Bonchev–Trinajstić information content (AvgIpc) is 3.42. The molecule has 1 aromatic heterocycles. The smallest absolute Gasteiger partial charge is 0.307 e. The average molecular weight is 342 g/mol. The summed E-state index contributed by atoms with van der Waals surface area (Å²) >= 11 is 0. The maximum Gasteiger partial charge on any atom is 0.307 e. The van der Waals surface area contributed by atoms with Crippen molar-refractivity contribution in [1.82, 2.24) is 4.98 Å². The van der Waals surface area contributed by atoms with E-state index in [-0.39, 0.29) is 5.91 Å². The van der Waals surface area contributed by atoms with Gasteiger partial charge in [0, 0.05) is 29.7 Å². The minimum atomic E-state index is -0.935. The van der Waals surface area contributed by atoms with E-state index in [1.54, 1.807) is 30.6 Å². The van der Waals surface area contributed by atoms with E-state index in [9.17, 15) is 9.59 Å². The van der Waals surface area contributed by atoms with Gasteiger partial charge in [0.1, 0.15) is 6.61 Å². The molecule has 0 aliphatic heterocycles. The monoisotopic (exact) mass is 342 g/mol. The predicted octanol–water partition coefficient (Wildman–Crippen LogP) is 2.33. The Balaban J connectivity index is 1.67. The fourth-order valence-corrected chi connectivity index (χ4v) is 2.50. The van der Waals surface area contributed by atoms with E-state index < -0.39 is 17.8 Å². The SMILES string of the molecule is COc1ccc(NC(=O)C2CC2C(=O)O)cc1OCc1cccnc1. The van der Waals surface area contributed by atoms with Gasteiger partial charge in [-0.15, -0.1) is 0 Å². The first-order valence-electron chi connectivity index (χ1n) is 7.82. The lowest BCUT2D eigenvalue weighted by atomic mass is 10.2. The van der Waals surface area contributed by atoms with Crippen molar-refractivity contribution >= 4 is 17.6 Å². The van der Waals surface area contributed by atoms with Gasteiger partial charge in [-0.05, 0) is 24.6 Å². The van der Waals surface area contributed by atoms with Gasteiger partial charge in [-0.25, -0.2) is 0 Å². The lowest BCUT2D eigenvalue weighted by molar-refractivity contribution is -0.139. The summed E-state index contributed by atoms with van der Waals surface area (Å²) in [5, 5.41) is 11.6. The molecule has 7 heteroatoms. The lowest BCUT2D eigenvalue weighted by Gasteiger charge is -2.13. The summed E-state index contributed by atoms with van der Waals surface area (Å²) in [6.45, 7) is 0.311. The predicted molar refractivity (Wildman–Crippen MR) is 89.4 cm³/mol. The van der Waals surface area contributed by atoms with Crippen molar-refractivity contribution in [3.05, 3.63) is 48.3 Å². The van der Waals surface area contributed by atoms with Crippen molar-refractivity contribution in [2.24, 2.45) is 11.8 Å². The molecule has 1 amide bonds. The molecule has 1 aliphatic carbocycles. The zero-order valence-corrected chi connectivity index (χ0v) is 13.6. The molecule has 1 saturated carbocycles. The number of ether oxygens (including phenoxy) is 2. The Bertz CT molecular complexity index is 778. The van der Waals surface area contributed by atoms with Crippen LogP contribution in [0.3, 0.4) is 0 Å². The number of aromatic nitrogens is 1. The Morgan fingerprint density at radius 2 is 2.12 bits per heavy atom. The molecule has 0 radical (unpaired) electrons. The van der Waals surface area contributed by atoms with Crippen LogP contribution in [0, 0.1) is 11.8 Å². The van der Waals surface area contributed by atoms with Crippen LogP contribution in [0.5, 0.6) is 11.5 Å². The highest BCUT2D eigenvalue weighted by Gasteiger charge is 2.48. The van der Waals surface area contributed by atoms with Crippen LogP contribution in [0.15, 0.2) is 42.7 Å². The zero-order valence-electron chi connectivity index (χ0n) is 13.6. The molecule has 0 spiro atoms. The van der Waals surface area contributed by atoms with Gasteiger partial charge in [0.2, 0.25) is 5.91 Å². The number of amides is 1. The van der Waals surface area contributed by atoms with Crippen molar-refractivity contribution in [3.63, 3.8) is 0 Å². The van der Waals surface area contributed by atoms with Crippen LogP contribution >= 0.6 is 0 Å². The zero-order chi connectivity index (χ0) is 17.8. The number of carboxylic acids is 1. The van der Waals surface area contributed by atoms with Crippen LogP contribution in [0.2, 0.25) is 0 Å². The number of hydrogen-bond acceptors (Lipinski definition) is 5. The Morgan fingerprint density at radius 3 is 2.76 bits per heavy atom. The molecule has 0 saturated heterocycles. The highest BCUT2D eigenvalue weighted by molar-refractivity contribution is 5.98. The summed E-state index contributed by atoms with van der Waals surface area (Å²) in [7, 11) is 1.53. The van der Waals surface area contributed by atoms with Gasteiger partial charge < -0.3 is 19.9 Å². The van der Waals surface area contributed by atoms with E-state index in [0.717, 1.165) is 5.56 Å². The molecule has 3 rings (SSSR count). The Labute approximate surface area is 144 Å². The van der Waals surface area contributed by atoms with E-state index in [0.29, 0.717) is 30.2 Å². The van der Waals surface area contributed by atoms with E-state index in [1.165, 1.54) is 7.11 Å². The quantitative estimate of drug-likeness (QED) is 0.801. The fourth-order valence-electron chi connectivity index (χ4n) is 2.50. The van der Waals surface area contributed by atoms with Gasteiger partial charge >= 0.3 is 5.97 Å². The van der Waals surface area contributed by atoms with E-state index in [1.807, 2.05) is 12.1 Å². The number of anilines is 1. The van der Waals surface area contributed by atoms with Crippen LogP contribution in [0.1, 0.15) is 12.0 Å². The molecule has 1 aliphatic rings. The molecule has 2 aromatic rings. The number of carbonyl (C=O) groups is 2. The van der Waals surface area contributed by atoms with Crippen molar-refractivity contribution in [3.8, 4) is 11.5 Å². The largest absolute Gasteiger partial charge is 0.493 e. The number of benzene rings is 1. The van der Waals surface area contributed by atoms with E-state index >= 15 is 0 Å². The number of nitrogens with one attached hydrogen (secondary N) is 1. The van der Waals surface area contributed by atoms with Gasteiger partial charge in [-0.2, -0.15) is 0 Å². The van der Waals surface area contributed by atoms with Crippen molar-refractivity contribution in [2.45, 2.75) is 13.0 Å². The van der Waals surface area contributed by atoms with Crippen LogP contribution in [0.25, 0.3) is 0 Å². The second-order valence-corrected chi connectivity index (χ2v) is 5.79. The van der Waals surface area contributed by atoms with Gasteiger partial charge in [0.15, 0.2) is 11.5 Å². The second kappa shape index (κ2) is 7.21. The summed E-state index contributed by atoms with van der Waals surface area (Å²) in [6, 6.07) is 8.75. The highest BCUT2D eigenvalue weighted by Crippen LogP contribution is 2.40. The number of carboxylic acid groups (broad SMARTS) is 1. The Morgan fingerprint density at radius 1 is 1.28 bits per heavy atom. The van der Waals surface area contributed by atoms with Gasteiger partial charge in [-0.3, -0.25) is 14.6 Å². The first-order valence-corrected chi connectivity index (χ1v) is 7.82. The molecule has 2 atom stereocenters. The van der Waals surface area contributed by atoms with Crippen LogP contribution < -0.4 is 14.8 Å². The van der Waals surface area contributed by atoms with Crippen molar-refractivity contribution in [1.29, 1.82) is 0 Å². The fraction of sp³-hybridized carbons (Fsp3) is 0.278. The van der Waals surface area contributed by atoms with Gasteiger partial charge in [0.05, 0.1) is 18.9 Å². The van der Waals surface area contributed by atoms with Gasteiger partial charge in [-0.1, -0.05) is 6.07 Å².